The van der Waals surface area contributed by atoms with Gasteiger partial charge in [0.25, 0.3) is 0 Å². The average molecular weight is 422 g/mol. The van der Waals surface area contributed by atoms with Gasteiger partial charge < -0.3 is 15.1 Å². The SMILES string of the molecule is CCCNC(=NCC(=O)N(C)C)N1CCC2(CCCC2)C1.I. The van der Waals surface area contributed by atoms with Crippen LogP contribution in [0.1, 0.15) is 45.4 Å². The van der Waals surface area contributed by atoms with Crippen LogP contribution in [0.3, 0.4) is 0 Å². The molecule has 2 rings (SSSR count). The van der Waals surface area contributed by atoms with Crippen molar-refractivity contribution in [2.45, 2.75) is 45.4 Å². The van der Waals surface area contributed by atoms with Gasteiger partial charge in [-0.1, -0.05) is 19.8 Å². The highest BCUT2D eigenvalue weighted by atomic mass is 127. The molecule has 0 radical (unpaired) electrons. The zero-order chi connectivity index (χ0) is 15.3. The van der Waals surface area contributed by atoms with Crippen LogP contribution in [-0.2, 0) is 4.79 Å². The summed E-state index contributed by atoms with van der Waals surface area (Å²) in [6, 6.07) is 0. The topological polar surface area (TPSA) is 47.9 Å². The normalized spacial score (nSPS) is 20.1. The summed E-state index contributed by atoms with van der Waals surface area (Å²) in [5, 5.41) is 3.42. The lowest BCUT2D eigenvalue weighted by atomic mass is 9.86. The second kappa shape index (κ2) is 8.93. The van der Waals surface area contributed by atoms with Crippen molar-refractivity contribution in [1.29, 1.82) is 0 Å². The van der Waals surface area contributed by atoms with Crippen LogP contribution in [0.25, 0.3) is 0 Å². The van der Waals surface area contributed by atoms with Crippen molar-refractivity contribution in [3.8, 4) is 0 Å². The molecule has 1 N–H and O–H groups in total. The summed E-state index contributed by atoms with van der Waals surface area (Å²) >= 11 is 0. The van der Waals surface area contributed by atoms with Crippen LogP contribution in [0.15, 0.2) is 4.99 Å². The molecule has 128 valence electrons. The maximum absolute atomic E-state index is 11.8. The number of carbonyl (C=O) groups excluding carboxylic acids is 1. The monoisotopic (exact) mass is 422 g/mol. The highest BCUT2D eigenvalue weighted by Gasteiger charge is 2.41. The van der Waals surface area contributed by atoms with Crippen molar-refractivity contribution in [3.05, 3.63) is 0 Å². The highest BCUT2D eigenvalue weighted by Crippen LogP contribution is 2.45. The van der Waals surface area contributed by atoms with Gasteiger partial charge in [-0.2, -0.15) is 0 Å². The van der Waals surface area contributed by atoms with Crippen LogP contribution in [0.2, 0.25) is 0 Å². The van der Waals surface area contributed by atoms with Crippen LogP contribution in [0.5, 0.6) is 0 Å². The molecule has 1 saturated heterocycles. The third-order valence-corrected chi connectivity index (χ3v) is 4.80. The summed E-state index contributed by atoms with van der Waals surface area (Å²) in [5.41, 5.74) is 0.528. The predicted octanol–water partition coefficient (Wildman–Crippen LogP) is 2.31. The number of nitrogens with zero attached hydrogens (tertiary/aromatic N) is 3. The Labute approximate surface area is 151 Å². The Morgan fingerprint density at radius 1 is 1.27 bits per heavy atom. The molecule has 2 aliphatic rings. The molecule has 0 bridgehead atoms. The van der Waals surface area contributed by atoms with E-state index < -0.39 is 0 Å². The Hall–Kier alpha value is -0.530. The first kappa shape index (κ1) is 19.5. The minimum atomic E-state index is 0. The van der Waals surface area contributed by atoms with Gasteiger partial charge in [0.15, 0.2) is 5.96 Å². The first-order chi connectivity index (χ1) is 10.1. The van der Waals surface area contributed by atoms with Gasteiger partial charge in [-0.15, -0.1) is 24.0 Å². The van der Waals surface area contributed by atoms with Crippen molar-refractivity contribution in [2.24, 2.45) is 10.4 Å². The Morgan fingerprint density at radius 2 is 1.95 bits per heavy atom. The summed E-state index contributed by atoms with van der Waals surface area (Å²) < 4.78 is 0. The van der Waals surface area contributed by atoms with Crippen molar-refractivity contribution < 1.29 is 4.79 Å². The highest BCUT2D eigenvalue weighted by molar-refractivity contribution is 14.0. The van der Waals surface area contributed by atoms with E-state index in [1.165, 1.54) is 32.1 Å². The van der Waals surface area contributed by atoms with Gasteiger partial charge in [0.05, 0.1) is 0 Å². The molecule has 1 heterocycles. The summed E-state index contributed by atoms with van der Waals surface area (Å²) in [5.74, 6) is 0.983. The maximum atomic E-state index is 11.8. The fourth-order valence-corrected chi connectivity index (χ4v) is 3.44. The van der Waals surface area contributed by atoms with Crippen LogP contribution in [0.4, 0.5) is 0 Å². The number of nitrogens with one attached hydrogen (secondary N) is 1. The maximum Gasteiger partial charge on any atom is 0.243 e. The molecule has 0 aromatic rings. The molecule has 0 unspecified atom stereocenters. The molecule has 1 aliphatic heterocycles. The Bertz CT molecular complexity index is 392. The number of halogens is 1. The van der Waals surface area contributed by atoms with Gasteiger partial charge >= 0.3 is 0 Å². The van der Waals surface area contributed by atoms with E-state index in [-0.39, 0.29) is 36.4 Å². The Balaban J connectivity index is 0.00000242. The first-order valence-corrected chi connectivity index (χ1v) is 8.30. The largest absolute Gasteiger partial charge is 0.356 e. The van der Waals surface area contributed by atoms with Gasteiger partial charge in [-0.05, 0) is 31.1 Å². The van der Waals surface area contributed by atoms with Crippen LogP contribution >= 0.6 is 24.0 Å². The zero-order valence-corrected chi connectivity index (χ0v) is 16.6. The number of likely N-dealkylation sites (tertiary alicyclic amines) is 1. The number of hydrogen-bond donors (Lipinski definition) is 1. The summed E-state index contributed by atoms with van der Waals surface area (Å²) in [6.07, 6.45) is 7.83. The number of aliphatic imine (C=N–C) groups is 1. The second-order valence-corrected chi connectivity index (χ2v) is 6.73. The molecule has 1 aliphatic carbocycles. The van der Waals surface area contributed by atoms with Crippen LogP contribution < -0.4 is 5.32 Å². The first-order valence-electron chi connectivity index (χ1n) is 8.30. The van der Waals surface area contributed by atoms with Gasteiger partial charge in [-0.25, -0.2) is 4.99 Å². The van der Waals surface area contributed by atoms with E-state index in [0.29, 0.717) is 5.41 Å². The van der Waals surface area contributed by atoms with Crippen LogP contribution in [-0.4, -0.2) is 61.9 Å². The summed E-state index contributed by atoms with van der Waals surface area (Å²) in [7, 11) is 3.56. The molecular formula is C16H31IN4O. The van der Waals surface area contributed by atoms with Crippen LogP contribution in [0, 0.1) is 5.41 Å². The van der Waals surface area contributed by atoms with E-state index in [1.54, 1.807) is 19.0 Å². The van der Waals surface area contributed by atoms with Crippen molar-refractivity contribution in [3.63, 3.8) is 0 Å². The summed E-state index contributed by atoms with van der Waals surface area (Å²) in [6.45, 7) is 5.49. The van der Waals surface area contributed by atoms with E-state index in [2.05, 4.69) is 22.1 Å². The molecule has 1 spiro atoms. The Morgan fingerprint density at radius 3 is 2.55 bits per heavy atom. The molecule has 6 heteroatoms. The predicted molar refractivity (Wildman–Crippen MR) is 102 cm³/mol. The van der Waals surface area contributed by atoms with E-state index in [0.717, 1.165) is 32.0 Å². The number of likely N-dealkylation sites (N-methyl/N-ethyl adjacent to an activating group) is 1. The van der Waals surface area contributed by atoms with Gasteiger partial charge in [0.2, 0.25) is 5.91 Å². The summed E-state index contributed by atoms with van der Waals surface area (Å²) in [4.78, 5) is 20.3. The number of amides is 1. The quantitative estimate of drug-likeness (QED) is 0.430. The van der Waals surface area contributed by atoms with Gasteiger partial charge in [0, 0.05) is 33.7 Å². The molecule has 1 saturated carbocycles. The minimum Gasteiger partial charge on any atom is -0.356 e. The number of hydrogen-bond acceptors (Lipinski definition) is 2. The average Bonchev–Trinajstić information content (AvgIpc) is 3.09. The van der Waals surface area contributed by atoms with Crippen molar-refractivity contribution in [2.75, 3.05) is 40.3 Å². The third kappa shape index (κ3) is 4.99. The van der Waals surface area contributed by atoms with Crippen molar-refractivity contribution >= 4 is 35.8 Å². The van der Waals surface area contributed by atoms with Gasteiger partial charge in [0.1, 0.15) is 6.54 Å². The molecule has 0 aromatic carbocycles. The van der Waals surface area contributed by atoms with Crippen molar-refractivity contribution in [1.82, 2.24) is 15.1 Å². The lowest BCUT2D eigenvalue weighted by molar-refractivity contribution is -0.127. The van der Waals surface area contributed by atoms with Gasteiger partial charge in [-0.3, -0.25) is 4.79 Å². The number of guanidine groups is 1. The van der Waals surface area contributed by atoms with E-state index in [1.807, 2.05) is 0 Å². The molecule has 5 nitrogen and oxygen atoms in total. The molecular weight excluding hydrogens is 391 g/mol. The van der Waals surface area contributed by atoms with E-state index in [4.69, 9.17) is 0 Å². The fourth-order valence-electron chi connectivity index (χ4n) is 3.44. The molecule has 2 fully saturated rings. The van der Waals surface area contributed by atoms with E-state index in [9.17, 15) is 4.79 Å². The lowest BCUT2D eigenvalue weighted by Gasteiger charge is -2.26. The molecule has 1 amide bonds. The number of carbonyl (C=O) groups is 1. The molecule has 0 atom stereocenters. The third-order valence-electron chi connectivity index (χ3n) is 4.80. The minimum absolute atomic E-state index is 0. The molecule has 0 aromatic heterocycles. The van der Waals surface area contributed by atoms with E-state index >= 15 is 0 Å². The smallest absolute Gasteiger partial charge is 0.243 e. The zero-order valence-electron chi connectivity index (χ0n) is 14.2. The standard InChI is InChI=1S/C16H30N4O.HI/c1-4-10-17-15(18-12-14(21)19(2)3)20-11-9-16(13-20)7-5-6-8-16;/h4-13H2,1-3H3,(H,17,18);1H. The second-order valence-electron chi connectivity index (χ2n) is 6.73. The number of rotatable bonds is 4. The Kier molecular flexibility index (Phi) is 7.93. The lowest BCUT2D eigenvalue weighted by Crippen LogP contribution is -2.42. The molecule has 22 heavy (non-hydrogen) atoms. The fraction of sp³-hybridized carbons (Fsp3) is 0.875.